The molecule has 0 radical (unpaired) electrons. The van der Waals surface area contributed by atoms with Crippen LogP contribution in [0.1, 0.15) is 33.6 Å². The average molecular weight is 251 g/mol. The molecule has 0 N–H and O–H groups in total. The minimum atomic E-state index is 0.682. The second-order valence-electron chi connectivity index (χ2n) is 4.27. The van der Waals surface area contributed by atoms with E-state index in [1.54, 1.807) is 0 Å². The highest BCUT2D eigenvalue weighted by molar-refractivity contribution is 9.09. The number of halogens is 1. The SMILES string of the molecule is CC(C)SCCC1(CBr)CC1C. The monoisotopic (exact) mass is 250 g/mol. The minimum absolute atomic E-state index is 0.682. The van der Waals surface area contributed by atoms with E-state index in [0.29, 0.717) is 5.41 Å². The molecule has 2 unspecified atom stereocenters. The smallest absolute Gasteiger partial charge is 0.00909 e. The summed E-state index contributed by atoms with van der Waals surface area (Å²) >= 11 is 5.73. The summed E-state index contributed by atoms with van der Waals surface area (Å²) in [5, 5.41) is 2.01. The Kier molecular flexibility index (Phi) is 3.97. The zero-order valence-electron chi connectivity index (χ0n) is 8.27. The van der Waals surface area contributed by atoms with E-state index in [1.807, 2.05) is 0 Å². The number of hydrogen-bond acceptors (Lipinski definition) is 1. The van der Waals surface area contributed by atoms with Crippen LogP contribution in [0.15, 0.2) is 0 Å². The minimum Gasteiger partial charge on any atom is -0.159 e. The van der Waals surface area contributed by atoms with Crippen molar-refractivity contribution in [3.8, 4) is 0 Å². The number of alkyl halides is 1. The standard InChI is InChI=1S/C10H19BrS/c1-8(2)12-5-4-10(7-11)6-9(10)3/h8-9H,4-7H2,1-3H3. The Bertz CT molecular complexity index is 143. The van der Waals surface area contributed by atoms with Gasteiger partial charge in [-0.25, -0.2) is 0 Å². The van der Waals surface area contributed by atoms with Crippen molar-refractivity contribution >= 4 is 27.7 Å². The molecule has 1 rings (SSSR count). The zero-order valence-corrected chi connectivity index (χ0v) is 10.7. The average Bonchev–Trinajstić information content (AvgIpc) is 2.62. The summed E-state index contributed by atoms with van der Waals surface area (Å²) in [5.41, 5.74) is 0.682. The van der Waals surface area contributed by atoms with Crippen molar-refractivity contribution in [3.63, 3.8) is 0 Å². The normalized spacial score (nSPS) is 34.2. The van der Waals surface area contributed by atoms with Gasteiger partial charge in [0.1, 0.15) is 0 Å². The molecule has 0 nitrogen and oxygen atoms in total. The molecule has 2 atom stereocenters. The van der Waals surface area contributed by atoms with Crippen molar-refractivity contribution in [2.24, 2.45) is 11.3 Å². The highest BCUT2D eigenvalue weighted by atomic mass is 79.9. The molecule has 1 aliphatic carbocycles. The fourth-order valence-electron chi connectivity index (χ4n) is 1.65. The van der Waals surface area contributed by atoms with Crippen molar-refractivity contribution < 1.29 is 0 Å². The van der Waals surface area contributed by atoms with Gasteiger partial charge in [-0.05, 0) is 35.2 Å². The fourth-order valence-corrected chi connectivity index (χ4v) is 3.71. The molecule has 12 heavy (non-hydrogen) atoms. The molecule has 0 amide bonds. The molecule has 0 bridgehead atoms. The van der Waals surface area contributed by atoms with Gasteiger partial charge >= 0.3 is 0 Å². The third-order valence-corrected chi connectivity index (χ3v) is 5.14. The Labute approximate surface area is 89.0 Å². The Hall–Kier alpha value is 0.830. The summed E-state index contributed by atoms with van der Waals surface area (Å²) in [6.45, 7) is 6.94. The summed E-state index contributed by atoms with van der Waals surface area (Å²) in [7, 11) is 0. The lowest BCUT2D eigenvalue weighted by atomic mass is 10.0. The molecule has 0 spiro atoms. The summed E-state index contributed by atoms with van der Waals surface area (Å²) in [4.78, 5) is 0. The van der Waals surface area contributed by atoms with Crippen LogP contribution in [0.25, 0.3) is 0 Å². The fraction of sp³-hybridized carbons (Fsp3) is 1.00. The molecule has 1 aliphatic rings. The van der Waals surface area contributed by atoms with E-state index in [9.17, 15) is 0 Å². The van der Waals surface area contributed by atoms with Gasteiger partial charge in [-0.2, -0.15) is 11.8 Å². The molecule has 2 heteroatoms. The topological polar surface area (TPSA) is 0 Å². The quantitative estimate of drug-likeness (QED) is 0.667. The molecule has 72 valence electrons. The van der Waals surface area contributed by atoms with Crippen LogP contribution >= 0.6 is 27.7 Å². The first-order valence-corrected chi connectivity index (χ1v) is 6.95. The molecular formula is C10H19BrS. The van der Waals surface area contributed by atoms with Crippen LogP contribution in [0.4, 0.5) is 0 Å². The summed E-state index contributed by atoms with van der Waals surface area (Å²) in [6, 6.07) is 0. The highest BCUT2D eigenvalue weighted by Crippen LogP contribution is 2.56. The number of hydrogen-bond donors (Lipinski definition) is 0. The van der Waals surface area contributed by atoms with E-state index in [1.165, 1.54) is 23.9 Å². The largest absolute Gasteiger partial charge is 0.159 e. The number of rotatable bonds is 5. The summed E-state index contributed by atoms with van der Waals surface area (Å²) in [6.07, 6.45) is 2.85. The first kappa shape index (κ1) is 10.9. The van der Waals surface area contributed by atoms with Crippen molar-refractivity contribution in [1.82, 2.24) is 0 Å². The van der Waals surface area contributed by atoms with E-state index in [4.69, 9.17) is 0 Å². The number of thioether (sulfide) groups is 1. The van der Waals surface area contributed by atoms with Crippen molar-refractivity contribution in [2.45, 2.75) is 38.9 Å². The zero-order chi connectivity index (χ0) is 9.19. The van der Waals surface area contributed by atoms with Gasteiger partial charge in [-0.3, -0.25) is 0 Å². The van der Waals surface area contributed by atoms with Crippen LogP contribution in [-0.4, -0.2) is 16.3 Å². The molecule has 1 fully saturated rings. The maximum Gasteiger partial charge on any atom is 0.00909 e. The van der Waals surface area contributed by atoms with Crippen LogP contribution in [0, 0.1) is 11.3 Å². The van der Waals surface area contributed by atoms with E-state index < -0.39 is 0 Å². The van der Waals surface area contributed by atoms with Gasteiger partial charge < -0.3 is 0 Å². The van der Waals surface area contributed by atoms with Gasteiger partial charge in [-0.15, -0.1) is 0 Å². The second-order valence-corrected chi connectivity index (χ2v) is 6.52. The van der Waals surface area contributed by atoms with Crippen molar-refractivity contribution in [2.75, 3.05) is 11.1 Å². The molecule has 0 heterocycles. The first-order valence-electron chi connectivity index (χ1n) is 4.78. The van der Waals surface area contributed by atoms with Crippen LogP contribution in [0.3, 0.4) is 0 Å². The lowest BCUT2D eigenvalue weighted by Crippen LogP contribution is -2.07. The Morgan fingerprint density at radius 1 is 1.58 bits per heavy atom. The maximum absolute atomic E-state index is 3.63. The lowest BCUT2D eigenvalue weighted by Gasteiger charge is -2.13. The highest BCUT2D eigenvalue weighted by Gasteiger charge is 2.49. The Morgan fingerprint density at radius 3 is 2.50 bits per heavy atom. The first-order chi connectivity index (χ1) is 5.60. The van der Waals surface area contributed by atoms with Crippen molar-refractivity contribution in [3.05, 3.63) is 0 Å². The van der Waals surface area contributed by atoms with Crippen LogP contribution in [0.2, 0.25) is 0 Å². The lowest BCUT2D eigenvalue weighted by molar-refractivity contribution is 0.520. The maximum atomic E-state index is 3.63. The third-order valence-electron chi connectivity index (χ3n) is 2.92. The summed E-state index contributed by atoms with van der Waals surface area (Å²) in [5.74, 6) is 2.30. The molecule has 1 saturated carbocycles. The Morgan fingerprint density at radius 2 is 2.17 bits per heavy atom. The molecule has 0 aromatic carbocycles. The van der Waals surface area contributed by atoms with E-state index in [0.717, 1.165) is 11.2 Å². The molecule has 0 aromatic rings. The second kappa shape index (κ2) is 4.36. The predicted octanol–water partition coefficient (Wildman–Crippen LogP) is 3.94. The van der Waals surface area contributed by atoms with Crippen LogP contribution in [0.5, 0.6) is 0 Å². The van der Waals surface area contributed by atoms with Crippen LogP contribution < -0.4 is 0 Å². The van der Waals surface area contributed by atoms with Crippen LogP contribution in [-0.2, 0) is 0 Å². The molecule has 0 saturated heterocycles. The van der Waals surface area contributed by atoms with Crippen molar-refractivity contribution in [1.29, 1.82) is 0 Å². The molecule has 0 aliphatic heterocycles. The Balaban J connectivity index is 2.14. The van der Waals surface area contributed by atoms with Gasteiger partial charge in [0.15, 0.2) is 0 Å². The van der Waals surface area contributed by atoms with E-state index in [2.05, 4.69) is 48.5 Å². The van der Waals surface area contributed by atoms with Gasteiger partial charge in [0.05, 0.1) is 0 Å². The summed E-state index contributed by atoms with van der Waals surface area (Å²) < 4.78 is 0. The van der Waals surface area contributed by atoms with Gasteiger partial charge in [0.25, 0.3) is 0 Å². The van der Waals surface area contributed by atoms with E-state index >= 15 is 0 Å². The van der Waals surface area contributed by atoms with E-state index in [-0.39, 0.29) is 0 Å². The van der Waals surface area contributed by atoms with Gasteiger partial charge in [-0.1, -0.05) is 36.7 Å². The predicted molar refractivity (Wildman–Crippen MR) is 62.2 cm³/mol. The van der Waals surface area contributed by atoms with Gasteiger partial charge in [0.2, 0.25) is 0 Å². The molecular weight excluding hydrogens is 232 g/mol. The third kappa shape index (κ3) is 2.66. The van der Waals surface area contributed by atoms with Gasteiger partial charge in [0, 0.05) is 5.33 Å². The molecule has 0 aromatic heterocycles.